The number of hydrogen-bond donors (Lipinski definition) is 1. The summed E-state index contributed by atoms with van der Waals surface area (Å²) in [4.78, 5) is 0. The van der Waals surface area contributed by atoms with E-state index in [1.807, 2.05) is 0 Å². The molecular weight excluding hydrogens is 273 g/mol. The molecule has 0 unspecified atom stereocenters. The summed E-state index contributed by atoms with van der Waals surface area (Å²) in [5.41, 5.74) is 7.24. The Morgan fingerprint density at radius 3 is 2.76 bits per heavy atom. The zero-order valence-electron chi connectivity index (χ0n) is 11.2. The third-order valence-electron chi connectivity index (χ3n) is 3.04. The molecule has 21 heavy (non-hydrogen) atoms. The van der Waals surface area contributed by atoms with Crippen LogP contribution in [0.15, 0.2) is 42.5 Å². The van der Waals surface area contributed by atoms with Crippen molar-refractivity contribution in [3.05, 3.63) is 48.3 Å². The molecule has 1 heterocycles. The Kier molecular flexibility index (Phi) is 3.23. The second kappa shape index (κ2) is 5.20. The number of benzene rings is 2. The molecule has 1 aromatic heterocycles. The molecule has 3 rings (SSSR count). The Hall–Kier alpha value is -2.96. The van der Waals surface area contributed by atoms with Crippen LogP contribution < -0.4 is 10.5 Å². The minimum Gasteiger partial charge on any atom is -0.495 e. The minimum absolute atomic E-state index is 0.272. The summed E-state index contributed by atoms with van der Waals surface area (Å²) in [5, 5.41) is 11.4. The molecule has 0 aliphatic carbocycles. The van der Waals surface area contributed by atoms with Crippen molar-refractivity contribution in [2.75, 3.05) is 12.8 Å². The lowest BCUT2D eigenvalue weighted by Gasteiger charge is -2.08. The van der Waals surface area contributed by atoms with Crippen LogP contribution in [0.1, 0.15) is 0 Å². The lowest BCUT2D eigenvalue weighted by Crippen LogP contribution is -2.03. The van der Waals surface area contributed by atoms with Crippen LogP contribution in [0.25, 0.3) is 17.1 Å². The molecule has 2 aromatic carbocycles. The van der Waals surface area contributed by atoms with Gasteiger partial charge in [0.1, 0.15) is 17.3 Å². The van der Waals surface area contributed by atoms with Gasteiger partial charge in [-0.2, -0.15) is 4.68 Å². The summed E-state index contributed by atoms with van der Waals surface area (Å²) in [5.74, 6) is 0.502. The fourth-order valence-corrected chi connectivity index (χ4v) is 2.00. The van der Waals surface area contributed by atoms with Crippen LogP contribution in [-0.4, -0.2) is 27.3 Å². The first-order valence-electron chi connectivity index (χ1n) is 6.18. The lowest BCUT2D eigenvalue weighted by atomic mass is 10.1. The number of ether oxygens (including phenoxy) is 1. The van der Waals surface area contributed by atoms with E-state index in [0.717, 1.165) is 0 Å². The first-order valence-corrected chi connectivity index (χ1v) is 6.18. The van der Waals surface area contributed by atoms with E-state index in [1.165, 1.54) is 17.9 Å². The molecule has 0 aliphatic heterocycles. The summed E-state index contributed by atoms with van der Waals surface area (Å²) in [7, 11) is 1.52. The zero-order valence-corrected chi connectivity index (χ0v) is 11.2. The van der Waals surface area contributed by atoms with Crippen molar-refractivity contribution in [1.29, 1.82) is 0 Å². The van der Waals surface area contributed by atoms with Crippen molar-refractivity contribution in [1.82, 2.24) is 20.2 Å². The number of tetrazole rings is 1. The van der Waals surface area contributed by atoms with E-state index in [2.05, 4.69) is 15.5 Å². The third kappa shape index (κ3) is 2.29. The molecular formula is C14H12FN5O. The van der Waals surface area contributed by atoms with Crippen LogP contribution in [0.2, 0.25) is 0 Å². The Morgan fingerprint density at radius 1 is 1.19 bits per heavy atom. The molecule has 6 nitrogen and oxygen atoms in total. The van der Waals surface area contributed by atoms with Gasteiger partial charge in [-0.3, -0.25) is 0 Å². The van der Waals surface area contributed by atoms with Crippen molar-refractivity contribution >= 4 is 5.69 Å². The predicted octanol–water partition coefficient (Wildman–Crippen LogP) is 2.06. The molecule has 0 aliphatic rings. The second-order valence-electron chi connectivity index (χ2n) is 4.32. The molecule has 0 amide bonds. The Morgan fingerprint density at radius 2 is 2.00 bits per heavy atom. The molecule has 0 spiro atoms. The maximum atomic E-state index is 13.9. The number of aromatic nitrogens is 4. The lowest BCUT2D eigenvalue weighted by molar-refractivity contribution is 0.417. The van der Waals surface area contributed by atoms with Crippen molar-refractivity contribution in [3.63, 3.8) is 0 Å². The van der Waals surface area contributed by atoms with Gasteiger partial charge in [0.15, 0.2) is 5.82 Å². The molecule has 0 radical (unpaired) electrons. The maximum Gasteiger partial charge on any atom is 0.187 e. The van der Waals surface area contributed by atoms with Gasteiger partial charge in [0.25, 0.3) is 0 Å². The number of halogens is 1. The zero-order chi connectivity index (χ0) is 14.8. The average Bonchev–Trinajstić information content (AvgIpc) is 2.97. The van der Waals surface area contributed by atoms with Gasteiger partial charge in [-0.25, -0.2) is 4.39 Å². The average molecular weight is 285 g/mol. The fraction of sp³-hybridized carbons (Fsp3) is 0.0714. The highest BCUT2D eigenvalue weighted by Gasteiger charge is 2.15. The monoisotopic (exact) mass is 285 g/mol. The van der Waals surface area contributed by atoms with Gasteiger partial charge in [0, 0.05) is 5.56 Å². The quantitative estimate of drug-likeness (QED) is 0.745. The molecule has 0 saturated carbocycles. The summed E-state index contributed by atoms with van der Waals surface area (Å²) in [6, 6.07) is 11.4. The number of nitrogen functional groups attached to an aromatic ring is 1. The number of hydrogen-bond acceptors (Lipinski definition) is 5. The van der Waals surface area contributed by atoms with Gasteiger partial charge in [0.2, 0.25) is 0 Å². The third-order valence-corrected chi connectivity index (χ3v) is 3.04. The van der Waals surface area contributed by atoms with Crippen molar-refractivity contribution in [3.8, 4) is 22.8 Å². The van der Waals surface area contributed by atoms with E-state index in [-0.39, 0.29) is 5.69 Å². The molecule has 106 valence electrons. The van der Waals surface area contributed by atoms with Crippen LogP contribution in [0.4, 0.5) is 10.1 Å². The van der Waals surface area contributed by atoms with Crippen molar-refractivity contribution < 1.29 is 9.13 Å². The first-order chi connectivity index (χ1) is 10.2. The number of anilines is 1. The Bertz CT molecular complexity index is 787. The van der Waals surface area contributed by atoms with Gasteiger partial charge >= 0.3 is 0 Å². The Labute approximate surface area is 120 Å². The van der Waals surface area contributed by atoms with Crippen LogP contribution in [-0.2, 0) is 0 Å². The SMILES string of the molecule is COc1cc(-c2nnnn2-c2ccccc2F)ccc1N. The highest BCUT2D eigenvalue weighted by Crippen LogP contribution is 2.28. The van der Waals surface area contributed by atoms with E-state index in [9.17, 15) is 4.39 Å². The molecule has 0 saturated heterocycles. The molecule has 0 atom stereocenters. The van der Waals surface area contributed by atoms with E-state index < -0.39 is 5.82 Å². The van der Waals surface area contributed by atoms with E-state index in [0.29, 0.717) is 22.8 Å². The molecule has 0 fully saturated rings. The smallest absolute Gasteiger partial charge is 0.187 e. The maximum absolute atomic E-state index is 13.9. The van der Waals surface area contributed by atoms with Crippen LogP contribution >= 0.6 is 0 Å². The van der Waals surface area contributed by atoms with Crippen LogP contribution in [0.3, 0.4) is 0 Å². The van der Waals surface area contributed by atoms with Gasteiger partial charge < -0.3 is 10.5 Å². The van der Waals surface area contributed by atoms with Gasteiger partial charge in [-0.15, -0.1) is 5.10 Å². The van der Waals surface area contributed by atoms with Gasteiger partial charge in [0.05, 0.1) is 12.8 Å². The van der Waals surface area contributed by atoms with E-state index in [1.54, 1.807) is 36.4 Å². The fourth-order valence-electron chi connectivity index (χ4n) is 2.00. The predicted molar refractivity (Wildman–Crippen MR) is 75.5 cm³/mol. The highest BCUT2D eigenvalue weighted by atomic mass is 19.1. The summed E-state index contributed by atoms with van der Waals surface area (Å²) in [6.45, 7) is 0. The molecule has 0 bridgehead atoms. The summed E-state index contributed by atoms with van der Waals surface area (Å²) < 4.78 is 20.4. The summed E-state index contributed by atoms with van der Waals surface area (Å²) >= 11 is 0. The Balaban J connectivity index is 2.14. The number of para-hydroxylation sites is 1. The van der Waals surface area contributed by atoms with Gasteiger partial charge in [-0.1, -0.05) is 12.1 Å². The first kappa shape index (κ1) is 13.0. The highest BCUT2D eigenvalue weighted by molar-refractivity contribution is 5.66. The topological polar surface area (TPSA) is 78.9 Å². The number of nitrogens with two attached hydrogens (primary N) is 1. The number of methoxy groups -OCH3 is 1. The van der Waals surface area contributed by atoms with Crippen molar-refractivity contribution in [2.24, 2.45) is 0 Å². The molecule has 7 heteroatoms. The largest absolute Gasteiger partial charge is 0.495 e. The summed E-state index contributed by atoms with van der Waals surface area (Å²) in [6.07, 6.45) is 0. The minimum atomic E-state index is -0.409. The number of nitrogens with zero attached hydrogens (tertiary/aromatic N) is 4. The van der Waals surface area contributed by atoms with Crippen molar-refractivity contribution in [2.45, 2.75) is 0 Å². The second-order valence-corrected chi connectivity index (χ2v) is 4.32. The van der Waals surface area contributed by atoms with Crippen LogP contribution in [0, 0.1) is 5.82 Å². The van der Waals surface area contributed by atoms with Gasteiger partial charge in [-0.05, 0) is 40.8 Å². The normalized spacial score (nSPS) is 10.6. The standard InChI is InChI=1S/C14H12FN5O/c1-21-13-8-9(6-7-11(13)16)14-17-18-19-20(14)12-5-3-2-4-10(12)15/h2-8H,16H2,1H3. The van der Waals surface area contributed by atoms with E-state index in [4.69, 9.17) is 10.5 Å². The number of rotatable bonds is 3. The molecule has 2 N–H and O–H groups in total. The molecule has 3 aromatic rings. The van der Waals surface area contributed by atoms with Crippen LogP contribution in [0.5, 0.6) is 5.75 Å². The van der Waals surface area contributed by atoms with E-state index >= 15 is 0 Å².